The maximum atomic E-state index is 12.3. The van der Waals surface area contributed by atoms with Crippen molar-refractivity contribution in [3.05, 3.63) is 29.8 Å². The van der Waals surface area contributed by atoms with Crippen molar-refractivity contribution in [1.29, 1.82) is 0 Å². The first kappa shape index (κ1) is 13.0. The Morgan fingerprint density at radius 3 is 3.05 bits per heavy atom. The van der Waals surface area contributed by atoms with Gasteiger partial charge in [0.1, 0.15) is 18.3 Å². The standard InChI is InChI=1S/C15H18N2O3/c1-17-8-4-6-11(15(17)19)14(18)16-12-9-20-13-7-3-2-5-10(12)13/h2-3,5,7,11-12H,4,6,8-9H2,1H3,(H,16,18)/t11-,12-/m1/s1. The molecule has 0 spiro atoms. The molecule has 0 aromatic heterocycles. The number of piperidine rings is 1. The molecule has 3 rings (SSSR count). The Morgan fingerprint density at radius 1 is 1.40 bits per heavy atom. The molecule has 2 aliphatic heterocycles. The number of nitrogens with zero attached hydrogens (tertiary/aromatic N) is 1. The summed E-state index contributed by atoms with van der Waals surface area (Å²) in [6, 6.07) is 7.51. The van der Waals surface area contributed by atoms with E-state index >= 15 is 0 Å². The van der Waals surface area contributed by atoms with E-state index in [9.17, 15) is 9.59 Å². The van der Waals surface area contributed by atoms with Crippen LogP contribution < -0.4 is 10.1 Å². The fraction of sp³-hybridized carbons (Fsp3) is 0.467. The lowest BCUT2D eigenvalue weighted by molar-refractivity contribution is -0.144. The smallest absolute Gasteiger partial charge is 0.234 e. The fourth-order valence-corrected chi connectivity index (χ4v) is 2.83. The molecule has 2 aliphatic rings. The molecule has 1 saturated heterocycles. The third kappa shape index (κ3) is 2.24. The van der Waals surface area contributed by atoms with Gasteiger partial charge in [-0.05, 0) is 18.9 Å². The highest BCUT2D eigenvalue weighted by Crippen LogP contribution is 2.32. The summed E-state index contributed by atoms with van der Waals surface area (Å²) in [5, 5.41) is 2.94. The van der Waals surface area contributed by atoms with Gasteiger partial charge in [-0.2, -0.15) is 0 Å². The molecule has 1 aromatic carbocycles. The first-order valence-electron chi connectivity index (χ1n) is 6.94. The van der Waals surface area contributed by atoms with E-state index < -0.39 is 5.92 Å². The Bertz CT molecular complexity index is 544. The van der Waals surface area contributed by atoms with E-state index in [0.717, 1.165) is 24.3 Å². The molecule has 0 saturated carbocycles. The zero-order chi connectivity index (χ0) is 14.1. The van der Waals surface area contributed by atoms with E-state index in [1.54, 1.807) is 11.9 Å². The lowest BCUT2D eigenvalue weighted by atomic mass is 9.96. The second-order valence-electron chi connectivity index (χ2n) is 5.36. The van der Waals surface area contributed by atoms with E-state index in [4.69, 9.17) is 4.74 Å². The van der Waals surface area contributed by atoms with Gasteiger partial charge in [-0.1, -0.05) is 18.2 Å². The lowest BCUT2D eigenvalue weighted by Crippen LogP contribution is -2.46. The van der Waals surface area contributed by atoms with Crippen LogP contribution in [-0.2, 0) is 9.59 Å². The summed E-state index contributed by atoms with van der Waals surface area (Å²) in [4.78, 5) is 26.0. The zero-order valence-corrected chi connectivity index (χ0v) is 11.5. The van der Waals surface area contributed by atoms with E-state index in [1.165, 1.54) is 0 Å². The maximum absolute atomic E-state index is 12.3. The van der Waals surface area contributed by atoms with Crippen molar-refractivity contribution in [2.75, 3.05) is 20.2 Å². The lowest BCUT2D eigenvalue weighted by Gasteiger charge is -2.29. The molecular formula is C15H18N2O3. The summed E-state index contributed by atoms with van der Waals surface area (Å²) in [6.45, 7) is 1.17. The van der Waals surface area contributed by atoms with Gasteiger partial charge >= 0.3 is 0 Å². The number of ether oxygens (including phenoxy) is 1. The second-order valence-corrected chi connectivity index (χ2v) is 5.36. The molecule has 0 bridgehead atoms. The number of hydrogen-bond donors (Lipinski definition) is 1. The summed E-state index contributed by atoms with van der Waals surface area (Å²) >= 11 is 0. The summed E-state index contributed by atoms with van der Waals surface area (Å²) in [5.41, 5.74) is 0.984. The first-order valence-corrected chi connectivity index (χ1v) is 6.94. The van der Waals surface area contributed by atoms with Crippen molar-refractivity contribution in [3.63, 3.8) is 0 Å². The summed E-state index contributed by atoms with van der Waals surface area (Å²) in [7, 11) is 1.75. The molecular weight excluding hydrogens is 256 g/mol. The number of para-hydroxylation sites is 1. The first-order chi connectivity index (χ1) is 9.66. The van der Waals surface area contributed by atoms with Crippen LogP contribution in [0.1, 0.15) is 24.4 Å². The van der Waals surface area contributed by atoms with Crippen molar-refractivity contribution in [1.82, 2.24) is 10.2 Å². The van der Waals surface area contributed by atoms with Crippen LogP contribution in [0.25, 0.3) is 0 Å². The van der Waals surface area contributed by atoms with Crippen LogP contribution in [0, 0.1) is 5.92 Å². The quantitative estimate of drug-likeness (QED) is 0.822. The van der Waals surface area contributed by atoms with Gasteiger partial charge in [-0.25, -0.2) is 0 Å². The largest absolute Gasteiger partial charge is 0.491 e. The van der Waals surface area contributed by atoms with E-state index in [1.807, 2.05) is 24.3 Å². The van der Waals surface area contributed by atoms with E-state index in [-0.39, 0.29) is 17.9 Å². The third-order valence-electron chi connectivity index (χ3n) is 3.99. The van der Waals surface area contributed by atoms with Crippen LogP contribution in [0.5, 0.6) is 5.75 Å². The molecule has 0 unspecified atom stereocenters. The number of fused-ring (bicyclic) bond motifs is 1. The van der Waals surface area contributed by atoms with Crippen LogP contribution in [-0.4, -0.2) is 36.9 Å². The number of nitrogens with one attached hydrogen (secondary N) is 1. The van der Waals surface area contributed by atoms with Crippen LogP contribution in [0.15, 0.2) is 24.3 Å². The maximum Gasteiger partial charge on any atom is 0.234 e. The molecule has 2 atom stereocenters. The van der Waals surface area contributed by atoms with Gasteiger partial charge in [0.15, 0.2) is 0 Å². The van der Waals surface area contributed by atoms with Gasteiger partial charge in [-0.3, -0.25) is 9.59 Å². The minimum absolute atomic E-state index is 0.0825. The molecule has 106 valence electrons. The molecule has 5 heteroatoms. The molecule has 1 N–H and O–H groups in total. The number of likely N-dealkylation sites (tertiary alicyclic amines) is 1. The van der Waals surface area contributed by atoms with Crippen molar-refractivity contribution < 1.29 is 14.3 Å². The highest BCUT2D eigenvalue weighted by Gasteiger charge is 2.35. The van der Waals surface area contributed by atoms with Crippen LogP contribution in [0.2, 0.25) is 0 Å². The Labute approximate surface area is 117 Å². The van der Waals surface area contributed by atoms with E-state index in [0.29, 0.717) is 13.0 Å². The Morgan fingerprint density at radius 2 is 2.20 bits per heavy atom. The van der Waals surface area contributed by atoms with Crippen molar-refractivity contribution >= 4 is 11.8 Å². The van der Waals surface area contributed by atoms with Crippen molar-refractivity contribution in [2.24, 2.45) is 5.92 Å². The van der Waals surface area contributed by atoms with Gasteiger partial charge in [0.05, 0.1) is 6.04 Å². The Hall–Kier alpha value is -2.04. The van der Waals surface area contributed by atoms with Crippen molar-refractivity contribution in [2.45, 2.75) is 18.9 Å². The highest BCUT2D eigenvalue weighted by atomic mass is 16.5. The summed E-state index contributed by atoms with van der Waals surface area (Å²) in [6.07, 6.45) is 1.50. The fourth-order valence-electron chi connectivity index (χ4n) is 2.83. The Balaban J connectivity index is 1.70. The minimum atomic E-state index is -0.554. The number of hydrogen-bond acceptors (Lipinski definition) is 3. The van der Waals surface area contributed by atoms with Gasteiger partial charge in [-0.15, -0.1) is 0 Å². The average molecular weight is 274 g/mol. The van der Waals surface area contributed by atoms with Crippen LogP contribution in [0.3, 0.4) is 0 Å². The molecule has 5 nitrogen and oxygen atoms in total. The number of carbonyl (C=O) groups is 2. The van der Waals surface area contributed by atoms with Gasteiger partial charge < -0.3 is 15.0 Å². The molecule has 2 heterocycles. The normalized spacial score (nSPS) is 25.1. The number of rotatable bonds is 2. The van der Waals surface area contributed by atoms with Crippen LogP contribution >= 0.6 is 0 Å². The topological polar surface area (TPSA) is 58.6 Å². The predicted molar refractivity (Wildman–Crippen MR) is 73.2 cm³/mol. The highest BCUT2D eigenvalue weighted by molar-refractivity contribution is 6.00. The van der Waals surface area contributed by atoms with Crippen molar-refractivity contribution in [3.8, 4) is 5.75 Å². The predicted octanol–water partition coefficient (Wildman–Crippen LogP) is 1.10. The second kappa shape index (κ2) is 5.15. The zero-order valence-electron chi connectivity index (χ0n) is 11.5. The number of benzene rings is 1. The summed E-state index contributed by atoms with van der Waals surface area (Å²) < 4.78 is 5.54. The monoisotopic (exact) mass is 274 g/mol. The third-order valence-corrected chi connectivity index (χ3v) is 3.99. The number of carbonyl (C=O) groups excluding carboxylic acids is 2. The van der Waals surface area contributed by atoms with Gasteiger partial charge in [0, 0.05) is 19.2 Å². The minimum Gasteiger partial charge on any atom is -0.491 e. The Kier molecular flexibility index (Phi) is 3.34. The molecule has 1 fully saturated rings. The average Bonchev–Trinajstić information content (AvgIpc) is 2.85. The molecule has 2 amide bonds. The van der Waals surface area contributed by atoms with E-state index in [2.05, 4.69) is 5.32 Å². The SMILES string of the molecule is CN1CCC[C@H](C(=O)N[C@@H]2COc3ccccc32)C1=O. The van der Waals surface area contributed by atoms with Crippen LogP contribution in [0.4, 0.5) is 0 Å². The molecule has 20 heavy (non-hydrogen) atoms. The summed E-state index contributed by atoms with van der Waals surface area (Å²) in [5.74, 6) is -0.0146. The van der Waals surface area contributed by atoms with Gasteiger partial charge in [0.25, 0.3) is 0 Å². The molecule has 0 radical (unpaired) electrons. The van der Waals surface area contributed by atoms with Gasteiger partial charge in [0.2, 0.25) is 11.8 Å². The number of amides is 2. The molecule has 1 aromatic rings. The molecule has 0 aliphatic carbocycles.